The predicted octanol–water partition coefficient (Wildman–Crippen LogP) is 1.20. The maximum Gasteiger partial charge on any atom is 0.272 e. The molecule has 1 amide bonds. The molecule has 2 aliphatic heterocycles. The molecule has 3 heterocycles. The quantitative estimate of drug-likeness (QED) is 0.779. The molecule has 1 spiro atoms. The van der Waals surface area contributed by atoms with Crippen molar-refractivity contribution in [2.24, 2.45) is 0 Å². The maximum absolute atomic E-state index is 12.5. The Hall–Kier alpha value is -1.92. The van der Waals surface area contributed by atoms with Crippen molar-refractivity contribution in [2.45, 2.75) is 30.9 Å². The highest BCUT2D eigenvalue weighted by Gasteiger charge is 2.41. The highest BCUT2D eigenvalue weighted by molar-refractivity contribution is 6.04. The number of rotatable bonds is 2. The Balaban J connectivity index is 1.46. The van der Waals surface area contributed by atoms with E-state index in [1.165, 1.54) is 0 Å². The van der Waals surface area contributed by atoms with Gasteiger partial charge in [-0.3, -0.25) is 9.89 Å². The minimum atomic E-state index is -0.128. The number of amides is 1. The van der Waals surface area contributed by atoms with Gasteiger partial charge in [-0.05, 0) is 38.4 Å². The lowest BCUT2D eigenvalue weighted by Gasteiger charge is -2.32. The fourth-order valence-electron chi connectivity index (χ4n) is 3.56. The summed E-state index contributed by atoms with van der Waals surface area (Å²) in [5.41, 5.74) is 1.30. The number of nitrogens with one attached hydrogen (secondary N) is 3. The molecule has 0 bridgehead atoms. The summed E-state index contributed by atoms with van der Waals surface area (Å²) in [4.78, 5) is 12.5. The van der Waals surface area contributed by atoms with Crippen molar-refractivity contribution in [3.63, 3.8) is 0 Å². The van der Waals surface area contributed by atoms with Gasteiger partial charge in [-0.25, -0.2) is 0 Å². The fourth-order valence-corrected chi connectivity index (χ4v) is 3.56. The van der Waals surface area contributed by atoms with Crippen molar-refractivity contribution in [1.82, 2.24) is 20.8 Å². The molecule has 1 aromatic carbocycles. The minimum absolute atomic E-state index is 0.0448. The molecule has 1 aromatic heterocycles. The molecule has 2 aromatic rings. The van der Waals surface area contributed by atoms with Crippen LogP contribution in [0.5, 0.6) is 0 Å². The number of carbonyl (C=O) groups excluding carboxylic acids is 1. The van der Waals surface area contributed by atoms with Crippen molar-refractivity contribution >= 4 is 16.8 Å². The first kappa shape index (κ1) is 13.7. The van der Waals surface area contributed by atoms with Crippen LogP contribution in [0.1, 0.15) is 29.8 Å². The summed E-state index contributed by atoms with van der Waals surface area (Å²) in [5.74, 6) is -0.128. The second kappa shape index (κ2) is 5.37. The van der Waals surface area contributed by atoms with E-state index in [0.29, 0.717) is 12.3 Å². The maximum atomic E-state index is 12.5. The van der Waals surface area contributed by atoms with Gasteiger partial charge in [0.05, 0.1) is 23.8 Å². The van der Waals surface area contributed by atoms with Crippen LogP contribution in [0.3, 0.4) is 0 Å². The third kappa shape index (κ3) is 2.38. The predicted molar refractivity (Wildman–Crippen MR) is 82.8 cm³/mol. The Bertz CT molecular complexity index is 690. The normalized spacial score (nSPS) is 23.9. The van der Waals surface area contributed by atoms with Crippen LogP contribution >= 0.6 is 0 Å². The number of benzene rings is 1. The number of piperidine rings is 1. The smallest absolute Gasteiger partial charge is 0.272 e. The van der Waals surface area contributed by atoms with Gasteiger partial charge in [0.1, 0.15) is 0 Å². The van der Waals surface area contributed by atoms with E-state index in [1.54, 1.807) is 0 Å². The number of carbonyl (C=O) groups is 1. The van der Waals surface area contributed by atoms with E-state index in [-0.39, 0.29) is 17.6 Å². The zero-order valence-electron chi connectivity index (χ0n) is 12.4. The first-order valence-electron chi connectivity index (χ1n) is 7.84. The number of nitrogens with zero attached hydrogens (tertiary/aromatic N) is 1. The lowest BCUT2D eigenvalue weighted by Crippen LogP contribution is -2.43. The Morgan fingerprint density at radius 1 is 1.32 bits per heavy atom. The molecular formula is C16H20N4O2. The summed E-state index contributed by atoms with van der Waals surface area (Å²) in [7, 11) is 0. The number of aromatic nitrogens is 2. The van der Waals surface area contributed by atoms with Crippen LogP contribution < -0.4 is 10.6 Å². The molecule has 0 saturated carbocycles. The summed E-state index contributed by atoms with van der Waals surface area (Å²) in [6.45, 7) is 2.57. The zero-order chi connectivity index (χ0) is 15.0. The van der Waals surface area contributed by atoms with E-state index in [0.717, 1.165) is 43.3 Å². The topological polar surface area (TPSA) is 79.0 Å². The van der Waals surface area contributed by atoms with Crippen LogP contribution in [-0.4, -0.2) is 47.4 Å². The lowest BCUT2D eigenvalue weighted by atomic mass is 9.88. The van der Waals surface area contributed by atoms with Crippen molar-refractivity contribution in [1.29, 1.82) is 0 Å². The van der Waals surface area contributed by atoms with Crippen LogP contribution in [0, 0.1) is 0 Å². The third-order valence-electron chi connectivity index (χ3n) is 4.74. The van der Waals surface area contributed by atoms with E-state index in [9.17, 15) is 4.79 Å². The van der Waals surface area contributed by atoms with Gasteiger partial charge in [0, 0.05) is 5.39 Å². The summed E-state index contributed by atoms with van der Waals surface area (Å²) >= 11 is 0. The van der Waals surface area contributed by atoms with Gasteiger partial charge in [0.15, 0.2) is 5.69 Å². The summed E-state index contributed by atoms with van der Waals surface area (Å²) in [6.07, 6.45) is 2.93. The highest BCUT2D eigenvalue weighted by atomic mass is 16.5. The van der Waals surface area contributed by atoms with Gasteiger partial charge in [-0.1, -0.05) is 18.2 Å². The molecule has 4 rings (SSSR count). The first-order valence-corrected chi connectivity index (χ1v) is 7.84. The second-order valence-electron chi connectivity index (χ2n) is 6.24. The van der Waals surface area contributed by atoms with Gasteiger partial charge >= 0.3 is 0 Å². The SMILES string of the molecule is O=C(NC1COC2(CCNCC2)C1)c1n[nH]c2ccccc12. The summed E-state index contributed by atoms with van der Waals surface area (Å²) < 4.78 is 6.02. The molecule has 2 fully saturated rings. The van der Waals surface area contributed by atoms with Crippen molar-refractivity contribution in [3.05, 3.63) is 30.0 Å². The van der Waals surface area contributed by atoms with Gasteiger partial charge in [-0.15, -0.1) is 0 Å². The van der Waals surface area contributed by atoms with Crippen molar-refractivity contribution < 1.29 is 9.53 Å². The lowest BCUT2D eigenvalue weighted by molar-refractivity contribution is -0.0194. The number of aromatic amines is 1. The van der Waals surface area contributed by atoms with Gasteiger partial charge in [-0.2, -0.15) is 5.10 Å². The molecule has 2 aliphatic rings. The Labute approximate surface area is 128 Å². The molecule has 22 heavy (non-hydrogen) atoms. The van der Waals surface area contributed by atoms with Crippen LogP contribution in [0.15, 0.2) is 24.3 Å². The Morgan fingerprint density at radius 2 is 2.14 bits per heavy atom. The van der Waals surface area contributed by atoms with E-state index in [1.807, 2.05) is 24.3 Å². The average Bonchev–Trinajstić information content (AvgIpc) is 3.13. The average molecular weight is 300 g/mol. The number of fused-ring (bicyclic) bond motifs is 1. The molecule has 1 atom stereocenters. The molecule has 3 N–H and O–H groups in total. The second-order valence-corrected chi connectivity index (χ2v) is 6.24. The molecule has 0 radical (unpaired) electrons. The third-order valence-corrected chi connectivity index (χ3v) is 4.74. The van der Waals surface area contributed by atoms with Crippen LogP contribution in [-0.2, 0) is 4.74 Å². The summed E-state index contributed by atoms with van der Waals surface area (Å²) in [5, 5.41) is 14.3. The standard InChI is InChI=1S/C16H20N4O2/c21-15(14-12-3-1-2-4-13(12)19-20-14)18-11-9-16(22-10-11)5-7-17-8-6-16/h1-4,11,17H,5-10H2,(H,18,21)(H,19,20). The van der Waals surface area contributed by atoms with Crippen LogP contribution in [0.2, 0.25) is 0 Å². The molecule has 6 nitrogen and oxygen atoms in total. The molecule has 1 unspecified atom stereocenters. The largest absolute Gasteiger partial charge is 0.373 e. The van der Waals surface area contributed by atoms with Gasteiger partial charge in [0.25, 0.3) is 5.91 Å². The Morgan fingerprint density at radius 3 is 3.00 bits per heavy atom. The van der Waals surface area contributed by atoms with Crippen LogP contribution in [0.25, 0.3) is 10.9 Å². The van der Waals surface area contributed by atoms with E-state index >= 15 is 0 Å². The number of hydrogen-bond donors (Lipinski definition) is 3. The molecule has 0 aliphatic carbocycles. The number of H-pyrrole nitrogens is 1. The first-order chi connectivity index (χ1) is 10.8. The fraction of sp³-hybridized carbons (Fsp3) is 0.500. The minimum Gasteiger partial charge on any atom is -0.373 e. The number of ether oxygens (including phenoxy) is 1. The van der Waals surface area contributed by atoms with E-state index in [2.05, 4.69) is 20.8 Å². The summed E-state index contributed by atoms with van der Waals surface area (Å²) in [6, 6.07) is 7.74. The van der Waals surface area contributed by atoms with Crippen molar-refractivity contribution in [2.75, 3.05) is 19.7 Å². The zero-order valence-corrected chi connectivity index (χ0v) is 12.4. The molecule has 6 heteroatoms. The van der Waals surface area contributed by atoms with E-state index in [4.69, 9.17) is 4.74 Å². The van der Waals surface area contributed by atoms with Crippen LogP contribution in [0.4, 0.5) is 0 Å². The molecular weight excluding hydrogens is 280 g/mol. The van der Waals surface area contributed by atoms with Crippen molar-refractivity contribution in [3.8, 4) is 0 Å². The Kier molecular flexibility index (Phi) is 3.35. The molecule has 2 saturated heterocycles. The molecule has 116 valence electrons. The number of para-hydroxylation sites is 1. The number of hydrogen-bond acceptors (Lipinski definition) is 4. The van der Waals surface area contributed by atoms with Gasteiger partial charge < -0.3 is 15.4 Å². The van der Waals surface area contributed by atoms with E-state index < -0.39 is 0 Å². The monoisotopic (exact) mass is 300 g/mol. The highest BCUT2D eigenvalue weighted by Crippen LogP contribution is 2.34. The van der Waals surface area contributed by atoms with Gasteiger partial charge in [0.2, 0.25) is 0 Å².